The fourth-order valence-electron chi connectivity index (χ4n) is 1.94. The minimum absolute atomic E-state index is 0.327. The first-order chi connectivity index (χ1) is 7.78. The van der Waals surface area contributed by atoms with E-state index in [-0.39, 0.29) is 18.3 Å². The monoisotopic (exact) mass is 237 g/mol. The van der Waals surface area contributed by atoms with E-state index in [0.717, 1.165) is 23.3 Å². The molecule has 1 aromatic heterocycles. The molecule has 0 saturated carbocycles. The lowest BCUT2D eigenvalue weighted by Crippen LogP contribution is -2.41. The Balaban J connectivity index is 2.35. The van der Waals surface area contributed by atoms with Gasteiger partial charge in [0.05, 0.1) is 16.9 Å². The minimum Gasteiger partial charge on any atom is -0.399 e. The third-order valence-corrected chi connectivity index (χ3v) is 3.81. The maximum absolute atomic E-state index is 6.01. The molecule has 1 saturated heterocycles. The molecule has 17 heavy (non-hydrogen) atoms. The van der Waals surface area contributed by atoms with Crippen molar-refractivity contribution >= 4 is 12.6 Å². The molecule has 2 heterocycles. The SMILES string of the molecule is CCc1noc(C)c1B1OC(C)(C)C(C)(C)O1. The van der Waals surface area contributed by atoms with Crippen molar-refractivity contribution < 1.29 is 13.8 Å². The average Bonchev–Trinajstić information content (AvgIpc) is 2.65. The number of hydrogen-bond donors (Lipinski definition) is 0. The van der Waals surface area contributed by atoms with Gasteiger partial charge in [-0.25, -0.2) is 0 Å². The Hall–Kier alpha value is -0.805. The van der Waals surface area contributed by atoms with Gasteiger partial charge in [0.2, 0.25) is 0 Å². The van der Waals surface area contributed by atoms with Crippen molar-refractivity contribution in [1.29, 1.82) is 0 Å². The molecule has 1 aromatic rings. The van der Waals surface area contributed by atoms with Gasteiger partial charge in [0.25, 0.3) is 0 Å². The van der Waals surface area contributed by atoms with Gasteiger partial charge < -0.3 is 13.8 Å². The van der Waals surface area contributed by atoms with Gasteiger partial charge >= 0.3 is 7.12 Å². The molecule has 0 aromatic carbocycles. The second-order valence-corrected chi connectivity index (χ2v) is 5.54. The summed E-state index contributed by atoms with van der Waals surface area (Å²) in [4.78, 5) is 0. The zero-order valence-corrected chi connectivity index (χ0v) is 11.5. The van der Waals surface area contributed by atoms with Gasteiger partial charge in [-0.15, -0.1) is 0 Å². The van der Waals surface area contributed by atoms with Crippen molar-refractivity contribution in [2.75, 3.05) is 0 Å². The number of rotatable bonds is 2. The van der Waals surface area contributed by atoms with E-state index in [1.165, 1.54) is 0 Å². The molecule has 0 spiro atoms. The molecule has 0 amide bonds. The van der Waals surface area contributed by atoms with Crippen LogP contribution in [0.5, 0.6) is 0 Å². The molecule has 1 aliphatic heterocycles. The van der Waals surface area contributed by atoms with E-state index in [4.69, 9.17) is 13.8 Å². The average molecular weight is 237 g/mol. The Morgan fingerprint density at radius 3 is 2.12 bits per heavy atom. The van der Waals surface area contributed by atoms with Crippen molar-refractivity contribution in [1.82, 2.24) is 5.16 Å². The summed E-state index contributed by atoms with van der Waals surface area (Å²) >= 11 is 0. The van der Waals surface area contributed by atoms with Crippen LogP contribution in [-0.4, -0.2) is 23.5 Å². The Kier molecular flexibility index (Phi) is 2.87. The maximum Gasteiger partial charge on any atom is 0.500 e. The van der Waals surface area contributed by atoms with Crippen LogP contribution in [0, 0.1) is 6.92 Å². The highest BCUT2D eigenvalue weighted by atomic mass is 16.7. The molecule has 0 N–H and O–H groups in total. The van der Waals surface area contributed by atoms with E-state index >= 15 is 0 Å². The number of aromatic nitrogens is 1. The van der Waals surface area contributed by atoms with Crippen LogP contribution in [0.3, 0.4) is 0 Å². The van der Waals surface area contributed by atoms with Crippen LogP contribution >= 0.6 is 0 Å². The van der Waals surface area contributed by atoms with Crippen LogP contribution in [-0.2, 0) is 15.7 Å². The molecule has 0 atom stereocenters. The van der Waals surface area contributed by atoms with E-state index in [1.54, 1.807) is 0 Å². The highest BCUT2D eigenvalue weighted by Gasteiger charge is 2.53. The smallest absolute Gasteiger partial charge is 0.399 e. The second kappa shape index (κ2) is 3.85. The zero-order valence-electron chi connectivity index (χ0n) is 11.5. The highest BCUT2D eigenvalue weighted by Crippen LogP contribution is 2.36. The fourth-order valence-corrected chi connectivity index (χ4v) is 1.94. The molecule has 0 bridgehead atoms. The molecular weight excluding hydrogens is 217 g/mol. The van der Waals surface area contributed by atoms with Gasteiger partial charge in [0, 0.05) is 5.46 Å². The molecule has 0 radical (unpaired) electrons. The van der Waals surface area contributed by atoms with Crippen LogP contribution in [0.25, 0.3) is 0 Å². The van der Waals surface area contributed by atoms with Crippen LogP contribution < -0.4 is 5.46 Å². The van der Waals surface area contributed by atoms with Crippen LogP contribution in [0.1, 0.15) is 46.1 Å². The first-order valence-electron chi connectivity index (χ1n) is 6.09. The van der Waals surface area contributed by atoms with Crippen LogP contribution in [0.4, 0.5) is 0 Å². The Bertz CT molecular complexity index is 409. The molecule has 1 fully saturated rings. The summed E-state index contributed by atoms with van der Waals surface area (Å²) in [6.07, 6.45) is 0.816. The maximum atomic E-state index is 6.01. The van der Waals surface area contributed by atoms with Gasteiger partial charge in [0.15, 0.2) is 0 Å². The normalized spacial score (nSPS) is 22.1. The molecule has 5 heteroatoms. The van der Waals surface area contributed by atoms with E-state index in [9.17, 15) is 0 Å². The summed E-state index contributed by atoms with van der Waals surface area (Å²) < 4.78 is 17.2. The lowest BCUT2D eigenvalue weighted by molar-refractivity contribution is 0.00578. The summed E-state index contributed by atoms with van der Waals surface area (Å²) in [7, 11) is -0.374. The van der Waals surface area contributed by atoms with Crippen LogP contribution in [0.15, 0.2) is 4.52 Å². The Morgan fingerprint density at radius 1 is 1.12 bits per heavy atom. The predicted molar refractivity (Wildman–Crippen MR) is 66.3 cm³/mol. The van der Waals surface area contributed by atoms with Crippen molar-refractivity contribution in [2.24, 2.45) is 0 Å². The molecular formula is C12H20BNO3. The lowest BCUT2D eigenvalue weighted by Gasteiger charge is -2.32. The fraction of sp³-hybridized carbons (Fsp3) is 0.750. The number of nitrogens with zero attached hydrogens (tertiary/aromatic N) is 1. The van der Waals surface area contributed by atoms with Gasteiger partial charge in [-0.05, 0) is 41.0 Å². The molecule has 2 rings (SSSR count). The second-order valence-electron chi connectivity index (χ2n) is 5.54. The lowest BCUT2D eigenvalue weighted by atomic mass is 9.77. The van der Waals surface area contributed by atoms with E-state index in [0.29, 0.717) is 0 Å². The standard InChI is InChI=1S/C12H20BNO3/c1-7-9-10(8(2)15-14-9)13-16-11(3,4)12(5,6)17-13/h7H2,1-6H3. The largest absolute Gasteiger partial charge is 0.500 e. The van der Waals surface area contributed by atoms with Gasteiger partial charge in [-0.3, -0.25) is 0 Å². The number of aryl methyl sites for hydroxylation is 2. The van der Waals surface area contributed by atoms with Crippen molar-refractivity contribution in [3.63, 3.8) is 0 Å². The summed E-state index contributed by atoms with van der Waals surface area (Å²) in [5, 5.41) is 4.04. The zero-order chi connectivity index (χ0) is 12.8. The van der Waals surface area contributed by atoms with Crippen molar-refractivity contribution in [3.8, 4) is 0 Å². The first-order valence-corrected chi connectivity index (χ1v) is 6.09. The molecule has 4 nitrogen and oxygen atoms in total. The molecule has 94 valence electrons. The van der Waals surface area contributed by atoms with Crippen LogP contribution in [0.2, 0.25) is 0 Å². The highest BCUT2D eigenvalue weighted by molar-refractivity contribution is 6.63. The summed E-state index contributed by atoms with van der Waals surface area (Å²) in [6.45, 7) is 12.1. The van der Waals surface area contributed by atoms with E-state index < -0.39 is 0 Å². The van der Waals surface area contributed by atoms with Crippen molar-refractivity contribution in [3.05, 3.63) is 11.5 Å². The van der Waals surface area contributed by atoms with Crippen molar-refractivity contribution in [2.45, 2.75) is 59.2 Å². The third-order valence-electron chi connectivity index (χ3n) is 3.81. The minimum atomic E-state index is -0.374. The summed E-state index contributed by atoms with van der Waals surface area (Å²) in [5.74, 6) is 0.778. The van der Waals surface area contributed by atoms with Gasteiger partial charge in [-0.1, -0.05) is 12.1 Å². The quantitative estimate of drug-likeness (QED) is 0.736. The first kappa shape index (κ1) is 12.6. The van der Waals surface area contributed by atoms with Gasteiger partial charge in [0.1, 0.15) is 5.76 Å². The molecule has 0 unspecified atom stereocenters. The predicted octanol–water partition coefficient (Wildman–Crippen LogP) is 1.84. The summed E-state index contributed by atoms with van der Waals surface area (Å²) in [6, 6.07) is 0. The van der Waals surface area contributed by atoms with E-state index in [1.807, 2.05) is 41.5 Å². The van der Waals surface area contributed by atoms with E-state index in [2.05, 4.69) is 5.16 Å². The summed E-state index contributed by atoms with van der Waals surface area (Å²) in [5.41, 5.74) is 1.21. The Labute approximate surface area is 103 Å². The third kappa shape index (κ3) is 1.91. The van der Waals surface area contributed by atoms with Gasteiger partial charge in [-0.2, -0.15) is 0 Å². The number of hydrogen-bond acceptors (Lipinski definition) is 4. The molecule has 0 aliphatic carbocycles. The molecule has 1 aliphatic rings. The Morgan fingerprint density at radius 2 is 1.65 bits per heavy atom. The topological polar surface area (TPSA) is 44.5 Å².